The van der Waals surface area contributed by atoms with E-state index in [1.165, 1.54) is 5.06 Å². The summed E-state index contributed by atoms with van der Waals surface area (Å²) < 4.78 is 0. The molecule has 2 aliphatic rings. The van der Waals surface area contributed by atoms with Gasteiger partial charge in [0, 0.05) is 37.9 Å². The Morgan fingerprint density at radius 1 is 1.12 bits per heavy atom. The zero-order valence-corrected chi connectivity index (χ0v) is 17.8. The molecule has 3 amide bonds. The molecule has 0 bridgehead atoms. The minimum atomic E-state index is -1.26. The Bertz CT molecular complexity index is 885. The van der Waals surface area contributed by atoms with Crippen LogP contribution in [0.3, 0.4) is 0 Å². The monoisotopic (exact) mass is 446 g/mol. The highest BCUT2D eigenvalue weighted by atomic mass is 16.7. The fourth-order valence-electron chi connectivity index (χ4n) is 3.20. The second kappa shape index (κ2) is 11.6. The van der Waals surface area contributed by atoms with Gasteiger partial charge in [-0.05, 0) is 31.9 Å². The van der Waals surface area contributed by atoms with E-state index in [1.807, 2.05) is 37.3 Å². The maximum atomic E-state index is 12.5. The van der Waals surface area contributed by atoms with E-state index in [9.17, 15) is 19.2 Å². The number of hydrogen-bond acceptors (Lipinski definition) is 5. The minimum absolute atomic E-state index is 0.0114. The third kappa shape index (κ3) is 7.51. The number of rotatable bonds is 4. The van der Waals surface area contributed by atoms with Gasteiger partial charge < -0.3 is 20.4 Å². The lowest BCUT2D eigenvalue weighted by Gasteiger charge is -2.22. The van der Waals surface area contributed by atoms with Crippen LogP contribution in [-0.4, -0.2) is 75.6 Å². The molecule has 0 aliphatic carbocycles. The number of likely N-dealkylation sites (tertiary alicyclic amines) is 1. The van der Waals surface area contributed by atoms with Gasteiger partial charge in [-0.25, -0.2) is 19.4 Å². The van der Waals surface area contributed by atoms with Gasteiger partial charge in [0.1, 0.15) is 11.9 Å². The molecule has 11 heteroatoms. The van der Waals surface area contributed by atoms with E-state index in [-0.39, 0.29) is 18.0 Å². The SMILES string of the molecule is CC1CC(=NC(=O)N2CCCC2C(=O)Nc2ccccc2)N(C)O1.O=C(O)/C=C\C(=O)O. The second-order valence-corrected chi connectivity index (χ2v) is 7.14. The Balaban J connectivity index is 0.000000390. The van der Waals surface area contributed by atoms with Crippen LogP contribution in [0.1, 0.15) is 26.2 Å². The molecule has 2 heterocycles. The summed E-state index contributed by atoms with van der Waals surface area (Å²) in [5.74, 6) is -2.09. The van der Waals surface area contributed by atoms with E-state index < -0.39 is 18.0 Å². The lowest BCUT2D eigenvalue weighted by molar-refractivity contribution is -0.134. The van der Waals surface area contributed by atoms with Gasteiger partial charge in [-0.3, -0.25) is 9.63 Å². The smallest absolute Gasteiger partial charge is 0.345 e. The second-order valence-electron chi connectivity index (χ2n) is 7.14. The van der Waals surface area contributed by atoms with Crippen molar-refractivity contribution in [1.82, 2.24) is 9.96 Å². The molecule has 2 saturated heterocycles. The first-order valence-corrected chi connectivity index (χ1v) is 9.96. The van der Waals surface area contributed by atoms with E-state index >= 15 is 0 Å². The molecule has 2 atom stereocenters. The number of amidine groups is 1. The van der Waals surface area contributed by atoms with Gasteiger partial charge in [-0.1, -0.05) is 18.2 Å². The molecule has 2 fully saturated rings. The lowest BCUT2D eigenvalue weighted by atomic mass is 10.2. The number of amides is 3. The van der Waals surface area contributed by atoms with Crippen molar-refractivity contribution in [1.29, 1.82) is 0 Å². The molecular weight excluding hydrogens is 420 g/mol. The molecule has 0 spiro atoms. The van der Waals surface area contributed by atoms with E-state index in [0.29, 0.717) is 37.4 Å². The molecule has 1 aromatic carbocycles. The summed E-state index contributed by atoms with van der Waals surface area (Å²) in [6.45, 7) is 2.47. The van der Waals surface area contributed by atoms with Crippen LogP contribution in [0.4, 0.5) is 10.5 Å². The van der Waals surface area contributed by atoms with E-state index in [2.05, 4.69) is 10.3 Å². The molecule has 2 aliphatic heterocycles. The quantitative estimate of drug-likeness (QED) is 0.595. The van der Waals surface area contributed by atoms with Crippen molar-refractivity contribution in [3.05, 3.63) is 42.5 Å². The number of carbonyl (C=O) groups excluding carboxylic acids is 2. The Hall–Kier alpha value is -3.73. The molecular formula is C21H26N4O7. The molecule has 0 radical (unpaired) electrons. The summed E-state index contributed by atoms with van der Waals surface area (Å²) in [6, 6.07) is 8.40. The molecule has 0 aromatic heterocycles. The van der Waals surface area contributed by atoms with Gasteiger partial charge in [0.25, 0.3) is 0 Å². The van der Waals surface area contributed by atoms with Crippen LogP contribution >= 0.6 is 0 Å². The molecule has 172 valence electrons. The van der Waals surface area contributed by atoms with Crippen molar-refractivity contribution in [3.63, 3.8) is 0 Å². The maximum absolute atomic E-state index is 12.5. The number of hydrogen-bond donors (Lipinski definition) is 3. The van der Waals surface area contributed by atoms with Crippen LogP contribution in [0.15, 0.2) is 47.5 Å². The number of nitrogens with one attached hydrogen (secondary N) is 1. The highest BCUT2D eigenvalue weighted by molar-refractivity contribution is 5.99. The number of carboxylic acid groups (broad SMARTS) is 2. The third-order valence-corrected chi connectivity index (χ3v) is 4.61. The summed E-state index contributed by atoms with van der Waals surface area (Å²) >= 11 is 0. The van der Waals surface area contributed by atoms with Crippen molar-refractivity contribution in [3.8, 4) is 0 Å². The molecule has 32 heavy (non-hydrogen) atoms. The van der Waals surface area contributed by atoms with Crippen molar-refractivity contribution in [2.24, 2.45) is 4.99 Å². The zero-order chi connectivity index (χ0) is 23.7. The number of carbonyl (C=O) groups is 4. The first kappa shape index (κ1) is 24.5. The number of para-hydroxylation sites is 1. The van der Waals surface area contributed by atoms with E-state index in [1.54, 1.807) is 11.9 Å². The van der Waals surface area contributed by atoms with Crippen LogP contribution in [0.5, 0.6) is 0 Å². The van der Waals surface area contributed by atoms with Crippen LogP contribution < -0.4 is 5.32 Å². The maximum Gasteiger partial charge on any atom is 0.345 e. The molecule has 1 aromatic rings. The predicted molar refractivity (Wildman–Crippen MR) is 115 cm³/mol. The van der Waals surface area contributed by atoms with Gasteiger partial charge in [0.15, 0.2) is 0 Å². The number of benzene rings is 1. The highest BCUT2D eigenvalue weighted by Gasteiger charge is 2.35. The summed E-state index contributed by atoms with van der Waals surface area (Å²) in [4.78, 5) is 55.2. The number of urea groups is 1. The normalized spacial score (nSPS) is 21.4. The zero-order valence-electron chi connectivity index (χ0n) is 17.8. The predicted octanol–water partition coefficient (Wildman–Crippen LogP) is 1.98. The Labute approximate surface area is 184 Å². The first-order valence-electron chi connectivity index (χ1n) is 9.96. The van der Waals surface area contributed by atoms with Crippen LogP contribution in [0.25, 0.3) is 0 Å². The van der Waals surface area contributed by atoms with Crippen molar-refractivity contribution < 1.29 is 34.2 Å². The number of aliphatic imine (C=N–C) groups is 1. The largest absolute Gasteiger partial charge is 0.478 e. The van der Waals surface area contributed by atoms with Crippen molar-refractivity contribution in [2.45, 2.75) is 38.3 Å². The highest BCUT2D eigenvalue weighted by Crippen LogP contribution is 2.21. The standard InChI is InChI=1S/C17H22N4O3.C4H4O4/c1-12-11-15(20(2)24-12)19-17(23)21-10-6-9-14(21)16(22)18-13-7-4-3-5-8-13;5-3(6)1-2-4(7)8/h3-5,7-8,12,14H,6,9-11H2,1-2H3,(H,18,22);1-2H,(H,5,6)(H,7,8)/b;2-1-. The van der Waals surface area contributed by atoms with Crippen LogP contribution in [0, 0.1) is 0 Å². The summed E-state index contributed by atoms with van der Waals surface area (Å²) in [5.41, 5.74) is 0.728. The first-order chi connectivity index (χ1) is 15.2. The molecule has 3 N–H and O–H groups in total. The van der Waals surface area contributed by atoms with Crippen molar-refractivity contribution >= 4 is 35.4 Å². The average molecular weight is 446 g/mol. The number of aliphatic carboxylic acids is 2. The topological polar surface area (TPSA) is 149 Å². The minimum Gasteiger partial charge on any atom is -0.478 e. The van der Waals surface area contributed by atoms with Gasteiger partial charge in [-0.15, -0.1) is 0 Å². The van der Waals surface area contributed by atoms with Crippen LogP contribution in [0.2, 0.25) is 0 Å². The summed E-state index contributed by atoms with van der Waals surface area (Å²) in [5, 5.41) is 20.0. The molecule has 0 saturated carbocycles. The average Bonchev–Trinajstić information content (AvgIpc) is 3.34. The van der Waals surface area contributed by atoms with Gasteiger partial charge in [0.2, 0.25) is 5.91 Å². The van der Waals surface area contributed by atoms with Crippen LogP contribution in [-0.2, 0) is 19.2 Å². The number of anilines is 1. The van der Waals surface area contributed by atoms with Gasteiger partial charge in [-0.2, -0.15) is 4.99 Å². The Kier molecular flexibility index (Phi) is 8.90. The van der Waals surface area contributed by atoms with Gasteiger partial charge in [0.05, 0.1) is 6.10 Å². The van der Waals surface area contributed by atoms with Gasteiger partial charge >= 0.3 is 18.0 Å². The summed E-state index contributed by atoms with van der Waals surface area (Å²) in [6.07, 6.45) is 3.17. The third-order valence-electron chi connectivity index (χ3n) is 4.61. The summed E-state index contributed by atoms with van der Waals surface area (Å²) in [7, 11) is 1.74. The molecule has 2 unspecified atom stereocenters. The number of hydroxylamine groups is 2. The molecule has 11 nitrogen and oxygen atoms in total. The lowest BCUT2D eigenvalue weighted by Crippen LogP contribution is -2.42. The Morgan fingerprint density at radius 2 is 1.75 bits per heavy atom. The molecule has 3 rings (SSSR count). The van der Waals surface area contributed by atoms with Crippen molar-refractivity contribution in [2.75, 3.05) is 18.9 Å². The van der Waals surface area contributed by atoms with E-state index in [0.717, 1.165) is 12.1 Å². The number of carboxylic acids is 2. The van der Waals surface area contributed by atoms with E-state index in [4.69, 9.17) is 15.1 Å². The fourth-order valence-corrected chi connectivity index (χ4v) is 3.20. The fraction of sp³-hybridized carbons (Fsp3) is 0.381. The Morgan fingerprint density at radius 3 is 2.28 bits per heavy atom. The number of nitrogens with zero attached hydrogens (tertiary/aromatic N) is 3.